The summed E-state index contributed by atoms with van der Waals surface area (Å²) >= 11 is 0. The minimum atomic E-state index is -0.424. The fourth-order valence-corrected chi connectivity index (χ4v) is 3.21. The van der Waals surface area contributed by atoms with E-state index in [1.807, 2.05) is 19.9 Å². The van der Waals surface area contributed by atoms with Gasteiger partial charge in [-0.15, -0.1) is 0 Å². The van der Waals surface area contributed by atoms with E-state index in [0.717, 1.165) is 31.5 Å². The number of nitrogens with zero attached hydrogens (tertiary/aromatic N) is 5. The second-order valence-corrected chi connectivity index (χ2v) is 7.09. The highest BCUT2D eigenvalue weighted by Crippen LogP contribution is 2.26. The van der Waals surface area contributed by atoms with Crippen molar-refractivity contribution in [2.45, 2.75) is 26.7 Å². The smallest absolute Gasteiger partial charge is 0.321 e. The number of allylic oxidation sites excluding steroid dienone is 1. The van der Waals surface area contributed by atoms with Crippen LogP contribution >= 0.6 is 0 Å². The number of carbonyl (C=O) groups is 1. The Bertz CT molecular complexity index is 1060. The number of benzene rings is 1. The van der Waals surface area contributed by atoms with E-state index < -0.39 is 5.82 Å². The lowest BCUT2D eigenvalue weighted by Gasteiger charge is -2.16. The molecule has 2 aromatic heterocycles. The first-order valence-electron chi connectivity index (χ1n) is 9.23. The summed E-state index contributed by atoms with van der Waals surface area (Å²) < 4.78 is 16.0. The van der Waals surface area contributed by atoms with Gasteiger partial charge in [0.2, 0.25) is 0 Å². The zero-order chi connectivity index (χ0) is 19.7. The van der Waals surface area contributed by atoms with Crippen LogP contribution in [0.25, 0.3) is 23.1 Å². The molecule has 2 amide bonds. The topological polar surface area (TPSA) is 75.4 Å². The molecule has 7 nitrogen and oxygen atoms in total. The van der Waals surface area contributed by atoms with Crippen LogP contribution in [0.1, 0.15) is 32.4 Å². The molecule has 4 rings (SSSR count). The lowest BCUT2D eigenvalue weighted by atomic mass is 10.1. The van der Waals surface area contributed by atoms with Crippen molar-refractivity contribution in [3.05, 3.63) is 47.7 Å². The molecular formula is C20H21FN6O. The van der Waals surface area contributed by atoms with Gasteiger partial charge in [0.25, 0.3) is 5.78 Å². The average molecular weight is 380 g/mol. The lowest BCUT2D eigenvalue weighted by molar-refractivity contribution is 0.222. The molecule has 0 saturated carbocycles. The molecule has 0 unspecified atom stereocenters. The molecular weight excluding hydrogens is 359 g/mol. The van der Waals surface area contributed by atoms with E-state index in [0.29, 0.717) is 22.9 Å². The van der Waals surface area contributed by atoms with Gasteiger partial charge in [-0.3, -0.25) is 0 Å². The Labute approximate surface area is 161 Å². The monoisotopic (exact) mass is 380 g/mol. The number of nitrogens with one attached hydrogen (secondary N) is 1. The maximum absolute atomic E-state index is 14.5. The second-order valence-electron chi connectivity index (χ2n) is 7.09. The quantitative estimate of drug-likeness (QED) is 0.746. The number of amides is 2. The number of hydrogen-bond donors (Lipinski definition) is 1. The second kappa shape index (κ2) is 7.38. The summed E-state index contributed by atoms with van der Waals surface area (Å²) in [6.45, 7) is 5.44. The molecule has 144 valence electrons. The summed E-state index contributed by atoms with van der Waals surface area (Å²) in [7, 11) is 0. The van der Waals surface area contributed by atoms with Crippen LogP contribution in [-0.2, 0) is 0 Å². The first kappa shape index (κ1) is 18.1. The summed E-state index contributed by atoms with van der Waals surface area (Å²) in [6, 6.07) is 4.29. The van der Waals surface area contributed by atoms with Gasteiger partial charge >= 0.3 is 6.03 Å². The molecule has 3 aromatic rings. The Hall–Kier alpha value is -3.29. The zero-order valence-corrected chi connectivity index (χ0v) is 15.8. The van der Waals surface area contributed by atoms with Crippen LogP contribution in [0.4, 0.5) is 14.9 Å². The molecule has 0 aliphatic carbocycles. The van der Waals surface area contributed by atoms with Crippen LogP contribution in [0.2, 0.25) is 0 Å². The number of halogens is 1. The molecule has 1 saturated heterocycles. The van der Waals surface area contributed by atoms with Crippen molar-refractivity contribution in [2.75, 3.05) is 18.4 Å². The SMILES string of the molecule is CC(C)=Cc1cnc2nc(-c3cc(NC(=O)N4CCCC4)ccc3F)cn2n1. The van der Waals surface area contributed by atoms with Crippen molar-refractivity contribution >= 4 is 23.6 Å². The van der Waals surface area contributed by atoms with Crippen molar-refractivity contribution < 1.29 is 9.18 Å². The number of fused-ring (bicyclic) bond motifs is 1. The number of anilines is 1. The van der Waals surface area contributed by atoms with Crippen LogP contribution in [0, 0.1) is 5.82 Å². The van der Waals surface area contributed by atoms with Gasteiger partial charge in [-0.25, -0.2) is 23.7 Å². The molecule has 3 heterocycles. The standard InChI is InChI=1S/C20H21FN6O/c1-13(2)9-15-11-22-19-24-18(12-27(19)25-15)16-10-14(5-6-17(16)21)23-20(28)26-7-3-4-8-26/h5-6,9-12H,3-4,7-8H2,1-2H3,(H,23,28). The highest BCUT2D eigenvalue weighted by Gasteiger charge is 2.19. The fraction of sp³-hybridized carbons (Fsp3) is 0.300. The Kier molecular flexibility index (Phi) is 4.77. The van der Waals surface area contributed by atoms with Gasteiger partial charge in [0.15, 0.2) is 0 Å². The van der Waals surface area contributed by atoms with Gasteiger partial charge in [0.1, 0.15) is 11.5 Å². The highest BCUT2D eigenvalue weighted by atomic mass is 19.1. The van der Waals surface area contributed by atoms with Crippen molar-refractivity contribution in [2.24, 2.45) is 0 Å². The Balaban J connectivity index is 1.64. The third kappa shape index (κ3) is 3.71. The molecule has 8 heteroatoms. The predicted octanol–water partition coefficient (Wildman–Crippen LogP) is 3.98. The number of imidazole rings is 1. The van der Waals surface area contributed by atoms with E-state index in [1.165, 1.54) is 10.6 Å². The number of urea groups is 1. The zero-order valence-electron chi connectivity index (χ0n) is 15.8. The van der Waals surface area contributed by atoms with Crippen molar-refractivity contribution in [3.8, 4) is 11.3 Å². The van der Waals surface area contributed by atoms with Gasteiger partial charge in [0, 0.05) is 24.3 Å². The summed E-state index contributed by atoms with van der Waals surface area (Å²) in [5.41, 5.74) is 3.01. The minimum absolute atomic E-state index is 0.167. The van der Waals surface area contributed by atoms with E-state index in [1.54, 1.807) is 29.4 Å². The van der Waals surface area contributed by atoms with Crippen molar-refractivity contribution in [3.63, 3.8) is 0 Å². The normalized spacial score (nSPS) is 13.8. The molecule has 0 radical (unpaired) electrons. The van der Waals surface area contributed by atoms with E-state index in [4.69, 9.17) is 0 Å². The van der Waals surface area contributed by atoms with E-state index in [-0.39, 0.29) is 11.6 Å². The molecule has 0 atom stereocenters. The van der Waals surface area contributed by atoms with E-state index in [2.05, 4.69) is 20.4 Å². The number of rotatable bonds is 3. The van der Waals surface area contributed by atoms with Gasteiger partial charge in [0.05, 0.1) is 18.1 Å². The van der Waals surface area contributed by atoms with Crippen molar-refractivity contribution in [1.29, 1.82) is 0 Å². The molecule has 1 aromatic carbocycles. The van der Waals surface area contributed by atoms with Crippen LogP contribution < -0.4 is 5.32 Å². The molecule has 0 bridgehead atoms. The van der Waals surface area contributed by atoms with Crippen molar-refractivity contribution in [1.82, 2.24) is 24.5 Å². The maximum atomic E-state index is 14.5. The van der Waals surface area contributed by atoms with Crippen LogP contribution in [-0.4, -0.2) is 43.6 Å². The van der Waals surface area contributed by atoms with Gasteiger partial charge < -0.3 is 10.2 Å². The third-order valence-corrected chi connectivity index (χ3v) is 4.53. The Morgan fingerprint density at radius 2 is 2.04 bits per heavy atom. The van der Waals surface area contributed by atoms with E-state index in [9.17, 15) is 9.18 Å². The van der Waals surface area contributed by atoms with Gasteiger partial charge in [-0.1, -0.05) is 5.57 Å². The van der Waals surface area contributed by atoms with Crippen LogP contribution in [0.15, 0.2) is 36.2 Å². The summed E-state index contributed by atoms with van der Waals surface area (Å²) in [5, 5.41) is 7.26. The summed E-state index contributed by atoms with van der Waals surface area (Å²) in [4.78, 5) is 22.7. The van der Waals surface area contributed by atoms with Gasteiger partial charge in [-0.2, -0.15) is 5.10 Å². The first-order valence-corrected chi connectivity index (χ1v) is 9.23. The average Bonchev–Trinajstić information content (AvgIpc) is 3.32. The molecule has 1 N–H and O–H groups in total. The Morgan fingerprint density at radius 1 is 1.25 bits per heavy atom. The minimum Gasteiger partial charge on any atom is -0.325 e. The molecule has 1 aliphatic rings. The largest absolute Gasteiger partial charge is 0.325 e. The third-order valence-electron chi connectivity index (χ3n) is 4.53. The van der Waals surface area contributed by atoms with E-state index >= 15 is 0 Å². The molecule has 1 aliphatic heterocycles. The highest BCUT2D eigenvalue weighted by molar-refractivity contribution is 5.90. The summed E-state index contributed by atoms with van der Waals surface area (Å²) in [6.07, 6.45) is 7.19. The first-order chi connectivity index (χ1) is 13.5. The number of likely N-dealkylation sites (tertiary alicyclic amines) is 1. The lowest BCUT2D eigenvalue weighted by Crippen LogP contribution is -2.32. The number of aromatic nitrogens is 4. The van der Waals surface area contributed by atoms with Crippen LogP contribution in [0.3, 0.4) is 0 Å². The molecule has 28 heavy (non-hydrogen) atoms. The summed E-state index contributed by atoms with van der Waals surface area (Å²) in [5.74, 6) is -0.0427. The van der Waals surface area contributed by atoms with Crippen LogP contribution in [0.5, 0.6) is 0 Å². The molecule has 1 fully saturated rings. The fourth-order valence-electron chi connectivity index (χ4n) is 3.21. The van der Waals surface area contributed by atoms with Gasteiger partial charge in [-0.05, 0) is 51.0 Å². The molecule has 0 spiro atoms. The maximum Gasteiger partial charge on any atom is 0.321 e. The predicted molar refractivity (Wildman–Crippen MR) is 105 cm³/mol. The Morgan fingerprint density at radius 3 is 2.79 bits per heavy atom. The number of hydrogen-bond acceptors (Lipinski definition) is 4. The number of carbonyl (C=O) groups excluding carboxylic acids is 1.